The Hall–Kier alpha value is -4.10. The summed E-state index contributed by atoms with van der Waals surface area (Å²) in [7, 11) is 0. The van der Waals surface area contributed by atoms with Crippen molar-refractivity contribution in [2.45, 2.75) is 52.5 Å². The quantitative estimate of drug-likeness (QED) is 0.225. The Kier molecular flexibility index (Phi) is 9.04. The van der Waals surface area contributed by atoms with Crippen LogP contribution in [-0.2, 0) is 24.2 Å². The van der Waals surface area contributed by atoms with Gasteiger partial charge in [0.15, 0.2) is 11.6 Å². The van der Waals surface area contributed by atoms with Crippen LogP contribution in [0.5, 0.6) is 0 Å². The summed E-state index contributed by atoms with van der Waals surface area (Å²) in [5.41, 5.74) is 5.45. The summed E-state index contributed by atoms with van der Waals surface area (Å²) in [6.07, 6.45) is 2.60. The standard InChI is InChI=1S/C32H34N2O5/c1-3-7-30-33-28-18-26(29(37)17-24(16-27(36)20-35)15-22-8-5-4-6-9-22)14-21(2)31(28)34(30)19-23-10-12-25(13-11-23)32(38)39/h4-6,8-14,18,24,35H,3,7,15-17,19-20H2,1-2H3,(H,38,39)/t24-/m1/s1. The summed E-state index contributed by atoms with van der Waals surface area (Å²) < 4.78 is 2.15. The zero-order chi connectivity index (χ0) is 27.9. The number of Topliss-reactive ketones (excluding diaryl/α,β-unsaturated/α-hetero) is 2. The number of aliphatic hydroxyl groups excluding tert-OH is 1. The molecule has 7 nitrogen and oxygen atoms in total. The molecular weight excluding hydrogens is 492 g/mol. The van der Waals surface area contributed by atoms with Gasteiger partial charge in [0.1, 0.15) is 12.4 Å². The molecule has 2 N–H and O–H groups in total. The van der Waals surface area contributed by atoms with Gasteiger partial charge in [-0.15, -0.1) is 0 Å². The first-order valence-electron chi connectivity index (χ1n) is 13.3. The van der Waals surface area contributed by atoms with E-state index in [-0.39, 0.29) is 35.9 Å². The molecule has 202 valence electrons. The molecule has 0 unspecified atom stereocenters. The van der Waals surface area contributed by atoms with Crippen LogP contribution in [0.1, 0.15) is 69.4 Å². The van der Waals surface area contributed by atoms with Crippen LogP contribution in [0.3, 0.4) is 0 Å². The van der Waals surface area contributed by atoms with Crippen molar-refractivity contribution in [1.82, 2.24) is 9.55 Å². The summed E-state index contributed by atoms with van der Waals surface area (Å²) in [6.45, 7) is 4.08. The molecular formula is C32H34N2O5. The smallest absolute Gasteiger partial charge is 0.335 e. The molecule has 1 heterocycles. The summed E-state index contributed by atoms with van der Waals surface area (Å²) >= 11 is 0. The van der Waals surface area contributed by atoms with E-state index in [4.69, 9.17) is 4.98 Å². The van der Waals surface area contributed by atoms with Gasteiger partial charge in [0.2, 0.25) is 0 Å². The molecule has 0 aliphatic heterocycles. The molecule has 0 bridgehead atoms. The van der Waals surface area contributed by atoms with Crippen molar-refractivity contribution < 1.29 is 24.6 Å². The lowest BCUT2D eigenvalue weighted by molar-refractivity contribution is -0.122. The fourth-order valence-electron chi connectivity index (χ4n) is 5.14. The van der Waals surface area contributed by atoms with Gasteiger partial charge < -0.3 is 14.8 Å². The van der Waals surface area contributed by atoms with E-state index in [1.807, 2.05) is 61.5 Å². The highest BCUT2D eigenvalue weighted by atomic mass is 16.4. The maximum atomic E-state index is 13.5. The molecule has 4 rings (SSSR count). The number of hydrogen-bond acceptors (Lipinski definition) is 5. The number of carbonyl (C=O) groups excluding carboxylic acids is 2. The van der Waals surface area contributed by atoms with Crippen LogP contribution < -0.4 is 0 Å². The molecule has 0 radical (unpaired) electrons. The van der Waals surface area contributed by atoms with E-state index < -0.39 is 12.6 Å². The highest BCUT2D eigenvalue weighted by Gasteiger charge is 2.21. The molecule has 1 aromatic heterocycles. The lowest BCUT2D eigenvalue weighted by Gasteiger charge is -2.16. The number of hydrogen-bond donors (Lipinski definition) is 2. The number of carboxylic acid groups (broad SMARTS) is 1. The first-order chi connectivity index (χ1) is 18.8. The van der Waals surface area contributed by atoms with E-state index in [1.54, 1.807) is 12.1 Å². The number of ketones is 2. The number of rotatable bonds is 13. The molecule has 3 aromatic carbocycles. The van der Waals surface area contributed by atoms with Crippen LogP contribution in [0.15, 0.2) is 66.7 Å². The number of aromatic carboxylic acids is 1. The molecule has 4 aromatic rings. The van der Waals surface area contributed by atoms with Gasteiger partial charge >= 0.3 is 5.97 Å². The lowest BCUT2D eigenvalue weighted by Crippen LogP contribution is -2.18. The van der Waals surface area contributed by atoms with E-state index in [0.717, 1.165) is 46.4 Å². The Morgan fingerprint density at radius 1 is 0.923 bits per heavy atom. The number of benzene rings is 3. The second-order valence-corrected chi connectivity index (χ2v) is 10.1. The zero-order valence-electron chi connectivity index (χ0n) is 22.4. The van der Waals surface area contributed by atoms with Gasteiger partial charge in [-0.2, -0.15) is 0 Å². The number of nitrogens with zero attached hydrogens (tertiary/aromatic N) is 2. The Morgan fingerprint density at radius 3 is 2.28 bits per heavy atom. The molecule has 39 heavy (non-hydrogen) atoms. The van der Waals surface area contributed by atoms with E-state index in [9.17, 15) is 24.6 Å². The molecule has 0 saturated carbocycles. The predicted octanol–water partition coefficient (Wildman–Crippen LogP) is 5.43. The molecule has 0 saturated heterocycles. The minimum absolute atomic E-state index is 0.0532. The largest absolute Gasteiger partial charge is 0.478 e. The number of carboxylic acids is 1. The minimum Gasteiger partial charge on any atom is -0.478 e. The summed E-state index contributed by atoms with van der Waals surface area (Å²) in [5, 5.41) is 18.5. The van der Waals surface area contributed by atoms with Crippen molar-refractivity contribution in [2.75, 3.05) is 6.61 Å². The first-order valence-corrected chi connectivity index (χ1v) is 13.3. The minimum atomic E-state index is -0.957. The first kappa shape index (κ1) is 27.9. The molecule has 0 aliphatic rings. The Morgan fingerprint density at radius 2 is 1.64 bits per heavy atom. The van der Waals surface area contributed by atoms with E-state index in [2.05, 4.69) is 11.5 Å². The number of imidazole rings is 1. The SMILES string of the molecule is CCCc1nc2cc(C(=O)C[C@@H](CC(=O)CO)Cc3ccccc3)cc(C)c2n1Cc1ccc(C(=O)O)cc1. The number of aliphatic hydroxyl groups is 1. The van der Waals surface area contributed by atoms with Gasteiger partial charge in [0.05, 0.1) is 16.6 Å². The van der Waals surface area contributed by atoms with Crippen molar-refractivity contribution in [2.24, 2.45) is 5.92 Å². The highest BCUT2D eigenvalue weighted by molar-refractivity contribution is 6.00. The molecule has 0 fully saturated rings. The predicted molar refractivity (Wildman–Crippen MR) is 150 cm³/mol. The summed E-state index contributed by atoms with van der Waals surface area (Å²) in [6, 6.07) is 20.3. The van der Waals surface area contributed by atoms with Crippen molar-refractivity contribution in [3.63, 3.8) is 0 Å². The molecule has 0 amide bonds. The second-order valence-electron chi connectivity index (χ2n) is 10.1. The van der Waals surface area contributed by atoms with Crippen LogP contribution >= 0.6 is 0 Å². The van der Waals surface area contributed by atoms with Crippen LogP contribution in [0.25, 0.3) is 11.0 Å². The maximum Gasteiger partial charge on any atom is 0.335 e. The average Bonchev–Trinajstić information content (AvgIpc) is 3.26. The summed E-state index contributed by atoms with van der Waals surface area (Å²) in [5.74, 6) is -0.575. The van der Waals surface area contributed by atoms with Gasteiger partial charge in [-0.05, 0) is 66.6 Å². The third kappa shape index (κ3) is 6.86. The third-order valence-electron chi connectivity index (χ3n) is 6.98. The topological polar surface area (TPSA) is 109 Å². The number of aromatic nitrogens is 2. The lowest BCUT2D eigenvalue weighted by atomic mass is 9.88. The van der Waals surface area contributed by atoms with Crippen molar-refractivity contribution in [3.05, 3.63) is 100 Å². The Labute approximate surface area is 228 Å². The molecule has 7 heteroatoms. The van der Waals surface area contributed by atoms with Crippen LogP contribution in [0.4, 0.5) is 0 Å². The Balaban J connectivity index is 1.63. The average molecular weight is 527 g/mol. The van der Waals surface area contributed by atoms with Gasteiger partial charge in [-0.1, -0.05) is 49.4 Å². The zero-order valence-corrected chi connectivity index (χ0v) is 22.4. The molecule has 0 aliphatic carbocycles. The van der Waals surface area contributed by atoms with Gasteiger partial charge in [-0.3, -0.25) is 9.59 Å². The van der Waals surface area contributed by atoms with Gasteiger partial charge in [0.25, 0.3) is 0 Å². The number of aryl methyl sites for hydroxylation is 2. The summed E-state index contributed by atoms with van der Waals surface area (Å²) in [4.78, 5) is 41.6. The molecule has 1 atom stereocenters. The van der Waals surface area contributed by atoms with Crippen molar-refractivity contribution in [1.29, 1.82) is 0 Å². The van der Waals surface area contributed by atoms with E-state index in [1.165, 1.54) is 0 Å². The number of fused-ring (bicyclic) bond motifs is 1. The maximum absolute atomic E-state index is 13.5. The number of carbonyl (C=O) groups is 3. The van der Waals surface area contributed by atoms with Gasteiger partial charge in [0, 0.05) is 31.4 Å². The monoisotopic (exact) mass is 526 g/mol. The fourth-order valence-corrected chi connectivity index (χ4v) is 5.14. The molecule has 0 spiro atoms. The van der Waals surface area contributed by atoms with Crippen LogP contribution in [0.2, 0.25) is 0 Å². The van der Waals surface area contributed by atoms with Crippen molar-refractivity contribution >= 4 is 28.6 Å². The van der Waals surface area contributed by atoms with E-state index >= 15 is 0 Å². The van der Waals surface area contributed by atoms with Gasteiger partial charge in [-0.25, -0.2) is 9.78 Å². The van der Waals surface area contributed by atoms with Crippen LogP contribution in [-0.4, -0.2) is 43.9 Å². The van der Waals surface area contributed by atoms with Crippen molar-refractivity contribution in [3.8, 4) is 0 Å². The Bertz CT molecular complexity index is 1470. The third-order valence-corrected chi connectivity index (χ3v) is 6.98. The normalized spacial score (nSPS) is 12.0. The van der Waals surface area contributed by atoms with E-state index in [0.29, 0.717) is 18.5 Å². The second kappa shape index (κ2) is 12.6. The highest BCUT2D eigenvalue weighted by Crippen LogP contribution is 2.27. The van der Waals surface area contributed by atoms with Crippen LogP contribution in [0, 0.1) is 12.8 Å². The fraction of sp³-hybridized carbons (Fsp3) is 0.312.